The molecule has 0 aliphatic heterocycles. The van der Waals surface area contributed by atoms with E-state index in [0.29, 0.717) is 11.8 Å². The summed E-state index contributed by atoms with van der Waals surface area (Å²) < 4.78 is 0. The molecule has 1 aromatic rings. The van der Waals surface area contributed by atoms with Crippen LogP contribution in [0.5, 0.6) is 0 Å². The third kappa shape index (κ3) is 3.35. The van der Waals surface area contributed by atoms with Crippen LogP contribution in [0.25, 0.3) is 0 Å². The van der Waals surface area contributed by atoms with Gasteiger partial charge in [0.15, 0.2) is 0 Å². The molecule has 0 aliphatic carbocycles. The summed E-state index contributed by atoms with van der Waals surface area (Å²) in [5.41, 5.74) is 1.93. The summed E-state index contributed by atoms with van der Waals surface area (Å²) in [6.45, 7) is 8.02. The van der Waals surface area contributed by atoms with E-state index in [1.807, 2.05) is 12.3 Å². The van der Waals surface area contributed by atoms with Gasteiger partial charge in [0, 0.05) is 13.1 Å². The summed E-state index contributed by atoms with van der Waals surface area (Å²) in [6.07, 6.45) is 3.52. The molecular weight excluding hydrogens is 188 g/mol. The molecule has 0 radical (unpaired) electrons. The van der Waals surface area contributed by atoms with Gasteiger partial charge < -0.3 is 5.32 Å². The molecular formula is C12H18N2O. The van der Waals surface area contributed by atoms with Crippen LogP contribution in [0.15, 0.2) is 18.5 Å². The van der Waals surface area contributed by atoms with Gasteiger partial charge in [-0.3, -0.25) is 9.78 Å². The van der Waals surface area contributed by atoms with Crippen molar-refractivity contribution in [1.29, 1.82) is 0 Å². The first kappa shape index (κ1) is 11.7. The molecule has 1 N–H and O–H groups in total. The minimum absolute atomic E-state index is 0.0637. The molecule has 15 heavy (non-hydrogen) atoms. The number of rotatable bonds is 3. The van der Waals surface area contributed by atoms with E-state index in [0.717, 1.165) is 11.3 Å². The maximum Gasteiger partial charge on any atom is 0.221 e. The van der Waals surface area contributed by atoms with E-state index in [1.165, 1.54) is 6.92 Å². The molecule has 0 saturated carbocycles. The Labute approximate surface area is 90.9 Å². The fourth-order valence-electron chi connectivity index (χ4n) is 1.36. The molecule has 1 amide bonds. The first-order valence-corrected chi connectivity index (χ1v) is 5.23. The predicted molar refractivity (Wildman–Crippen MR) is 61.8 cm³/mol. The fourth-order valence-corrected chi connectivity index (χ4v) is 1.36. The number of aromatic nitrogens is 1. The number of nitrogens with one attached hydrogen (secondary N) is 1. The van der Waals surface area contributed by atoms with Gasteiger partial charge in [0.25, 0.3) is 0 Å². The van der Waals surface area contributed by atoms with Gasteiger partial charge in [0.05, 0.1) is 11.9 Å². The number of hydrogen-bond acceptors (Lipinski definition) is 2. The van der Waals surface area contributed by atoms with E-state index in [-0.39, 0.29) is 5.91 Å². The van der Waals surface area contributed by atoms with Crippen molar-refractivity contribution in [3.8, 4) is 0 Å². The first-order valence-electron chi connectivity index (χ1n) is 5.23. The number of anilines is 1. The van der Waals surface area contributed by atoms with Crippen LogP contribution in [0.3, 0.4) is 0 Å². The zero-order valence-electron chi connectivity index (χ0n) is 9.74. The van der Waals surface area contributed by atoms with Crippen LogP contribution in [0.2, 0.25) is 0 Å². The zero-order valence-corrected chi connectivity index (χ0v) is 9.74. The van der Waals surface area contributed by atoms with Crippen molar-refractivity contribution in [3.05, 3.63) is 24.0 Å². The predicted octanol–water partition coefficient (Wildman–Crippen LogP) is 2.80. The van der Waals surface area contributed by atoms with Crippen LogP contribution < -0.4 is 5.32 Å². The standard InChI is InChI=1S/C12H18N2O/c1-8(2)9(3)11-5-12(7-13-6-11)14-10(4)15/h5-9H,1-4H3,(H,14,15). The van der Waals surface area contributed by atoms with Gasteiger partial charge in [-0.25, -0.2) is 0 Å². The van der Waals surface area contributed by atoms with Gasteiger partial charge in [-0.2, -0.15) is 0 Å². The second-order valence-electron chi connectivity index (χ2n) is 4.22. The highest BCUT2D eigenvalue weighted by molar-refractivity contribution is 5.88. The van der Waals surface area contributed by atoms with Gasteiger partial charge in [0.1, 0.15) is 0 Å². The molecule has 82 valence electrons. The summed E-state index contributed by atoms with van der Waals surface area (Å²) in [6, 6.07) is 1.99. The van der Waals surface area contributed by atoms with E-state index in [9.17, 15) is 4.79 Å². The van der Waals surface area contributed by atoms with E-state index in [1.54, 1.807) is 6.20 Å². The van der Waals surface area contributed by atoms with Crippen LogP contribution in [0.1, 0.15) is 39.2 Å². The van der Waals surface area contributed by atoms with E-state index in [4.69, 9.17) is 0 Å². The molecule has 3 heteroatoms. The largest absolute Gasteiger partial charge is 0.325 e. The van der Waals surface area contributed by atoms with E-state index in [2.05, 4.69) is 31.1 Å². The topological polar surface area (TPSA) is 42.0 Å². The average Bonchev–Trinajstić information content (AvgIpc) is 2.16. The molecule has 0 bridgehead atoms. The van der Waals surface area contributed by atoms with Crippen molar-refractivity contribution in [2.75, 3.05) is 5.32 Å². The Balaban J connectivity index is 2.87. The van der Waals surface area contributed by atoms with Gasteiger partial charge in [-0.05, 0) is 23.5 Å². The molecule has 0 saturated heterocycles. The van der Waals surface area contributed by atoms with Crippen LogP contribution in [0.4, 0.5) is 5.69 Å². The molecule has 0 aromatic carbocycles. The third-order valence-corrected chi connectivity index (χ3v) is 2.61. The average molecular weight is 206 g/mol. The van der Waals surface area contributed by atoms with Crippen molar-refractivity contribution >= 4 is 11.6 Å². The molecule has 1 aromatic heterocycles. The maximum absolute atomic E-state index is 10.9. The molecule has 0 aliphatic rings. The van der Waals surface area contributed by atoms with Crippen LogP contribution >= 0.6 is 0 Å². The zero-order chi connectivity index (χ0) is 11.4. The maximum atomic E-state index is 10.9. The Morgan fingerprint density at radius 3 is 2.53 bits per heavy atom. The Kier molecular flexibility index (Phi) is 3.83. The van der Waals surface area contributed by atoms with E-state index < -0.39 is 0 Å². The summed E-state index contributed by atoms with van der Waals surface area (Å²) in [7, 11) is 0. The van der Waals surface area contributed by atoms with E-state index >= 15 is 0 Å². The molecule has 1 heterocycles. The number of carbonyl (C=O) groups is 1. The molecule has 0 spiro atoms. The second-order valence-corrected chi connectivity index (χ2v) is 4.22. The highest BCUT2D eigenvalue weighted by Gasteiger charge is 2.10. The van der Waals surface area contributed by atoms with Crippen LogP contribution in [-0.2, 0) is 4.79 Å². The number of hydrogen-bond donors (Lipinski definition) is 1. The SMILES string of the molecule is CC(=O)Nc1cncc(C(C)C(C)C)c1. The summed E-state index contributed by atoms with van der Waals surface area (Å²) in [4.78, 5) is 15.0. The van der Waals surface area contributed by atoms with Crippen molar-refractivity contribution in [3.63, 3.8) is 0 Å². The minimum atomic E-state index is -0.0637. The number of carbonyl (C=O) groups excluding carboxylic acids is 1. The molecule has 0 fully saturated rings. The highest BCUT2D eigenvalue weighted by atomic mass is 16.1. The Hall–Kier alpha value is -1.38. The summed E-state index contributed by atoms with van der Waals surface area (Å²) >= 11 is 0. The summed E-state index contributed by atoms with van der Waals surface area (Å²) in [5, 5.41) is 2.74. The van der Waals surface area contributed by atoms with Crippen LogP contribution in [0, 0.1) is 5.92 Å². The molecule has 1 unspecified atom stereocenters. The fraction of sp³-hybridized carbons (Fsp3) is 0.500. The normalized spacial score (nSPS) is 12.6. The number of nitrogens with zero attached hydrogens (tertiary/aromatic N) is 1. The van der Waals surface area contributed by atoms with Crippen LogP contribution in [-0.4, -0.2) is 10.9 Å². The lowest BCUT2D eigenvalue weighted by Gasteiger charge is -2.16. The van der Waals surface area contributed by atoms with Gasteiger partial charge in [-0.1, -0.05) is 20.8 Å². The number of amides is 1. The lowest BCUT2D eigenvalue weighted by molar-refractivity contribution is -0.114. The Bertz CT molecular complexity index is 347. The molecule has 3 nitrogen and oxygen atoms in total. The quantitative estimate of drug-likeness (QED) is 0.826. The molecule has 1 atom stereocenters. The summed E-state index contributed by atoms with van der Waals surface area (Å²) in [5.74, 6) is 0.955. The van der Waals surface area contributed by atoms with Gasteiger partial charge >= 0.3 is 0 Å². The smallest absolute Gasteiger partial charge is 0.221 e. The lowest BCUT2D eigenvalue weighted by atomic mass is 9.91. The second kappa shape index (κ2) is 4.91. The monoisotopic (exact) mass is 206 g/mol. The van der Waals surface area contributed by atoms with Gasteiger partial charge in [-0.15, -0.1) is 0 Å². The first-order chi connectivity index (χ1) is 7.00. The van der Waals surface area contributed by atoms with Crippen molar-refractivity contribution in [2.45, 2.75) is 33.6 Å². The van der Waals surface area contributed by atoms with Crippen molar-refractivity contribution < 1.29 is 4.79 Å². The number of pyridine rings is 1. The Morgan fingerprint density at radius 1 is 1.33 bits per heavy atom. The Morgan fingerprint density at radius 2 is 2.00 bits per heavy atom. The van der Waals surface area contributed by atoms with Crippen molar-refractivity contribution in [2.24, 2.45) is 5.92 Å². The van der Waals surface area contributed by atoms with Gasteiger partial charge in [0.2, 0.25) is 5.91 Å². The lowest BCUT2D eigenvalue weighted by Crippen LogP contribution is -2.08. The van der Waals surface area contributed by atoms with Crippen molar-refractivity contribution in [1.82, 2.24) is 4.98 Å². The molecule has 1 rings (SSSR count). The minimum Gasteiger partial charge on any atom is -0.325 e. The third-order valence-electron chi connectivity index (χ3n) is 2.61. The highest BCUT2D eigenvalue weighted by Crippen LogP contribution is 2.24.